The van der Waals surface area contributed by atoms with E-state index in [1.54, 1.807) is 17.9 Å². The fraction of sp³-hybridized carbons (Fsp3) is 0.588. The van der Waals surface area contributed by atoms with Crippen molar-refractivity contribution in [2.75, 3.05) is 19.8 Å². The lowest BCUT2D eigenvalue weighted by Gasteiger charge is -2.38. The smallest absolute Gasteiger partial charge is 0.394 e. The van der Waals surface area contributed by atoms with Crippen LogP contribution in [0, 0.1) is 5.92 Å². The minimum Gasteiger partial charge on any atom is -0.394 e. The molecule has 3 unspecified atom stereocenters. The molecule has 0 radical (unpaired) electrons. The highest BCUT2D eigenvalue weighted by Crippen LogP contribution is 2.30. The monoisotopic (exact) mass is 345 g/mol. The van der Waals surface area contributed by atoms with E-state index >= 15 is 0 Å². The largest absolute Gasteiger partial charge is 0.416 e. The maximum atomic E-state index is 12.8. The average molecular weight is 345 g/mol. The van der Waals surface area contributed by atoms with Gasteiger partial charge in [-0.3, -0.25) is 4.79 Å². The van der Waals surface area contributed by atoms with Crippen LogP contribution in [-0.4, -0.2) is 47.8 Å². The molecule has 2 rings (SSSR count). The normalized spacial score (nSPS) is 23.2. The Bertz CT molecular complexity index is 576. The van der Waals surface area contributed by atoms with Gasteiger partial charge >= 0.3 is 6.18 Å². The van der Waals surface area contributed by atoms with Crippen molar-refractivity contribution in [3.63, 3.8) is 0 Å². The van der Waals surface area contributed by atoms with Crippen molar-refractivity contribution in [3.05, 3.63) is 35.4 Å². The van der Waals surface area contributed by atoms with E-state index in [2.05, 4.69) is 0 Å². The predicted octanol–water partition coefficient (Wildman–Crippen LogP) is 2.49. The van der Waals surface area contributed by atoms with E-state index in [9.17, 15) is 23.1 Å². The van der Waals surface area contributed by atoms with Crippen LogP contribution in [0.25, 0.3) is 0 Å². The van der Waals surface area contributed by atoms with Crippen LogP contribution >= 0.6 is 0 Å². The van der Waals surface area contributed by atoms with Crippen molar-refractivity contribution >= 4 is 5.91 Å². The third-order valence-electron chi connectivity index (χ3n) is 4.21. The van der Waals surface area contributed by atoms with Crippen LogP contribution in [0.5, 0.6) is 0 Å². The molecular weight excluding hydrogens is 323 g/mol. The van der Waals surface area contributed by atoms with Crippen LogP contribution in [0.4, 0.5) is 13.2 Å². The third-order valence-corrected chi connectivity index (χ3v) is 4.21. The predicted molar refractivity (Wildman–Crippen MR) is 82.3 cm³/mol. The lowest BCUT2D eigenvalue weighted by molar-refractivity contribution is -0.149. The SMILES string of the molecule is CC(Cc1cccc(C(F)(F)F)c1)C(=O)N1CC(CO)OCC1C. The van der Waals surface area contributed by atoms with E-state index in [1.165, 1.54) is 6.07 Å². The van der Waals surface area contributed by atoms with Crippen molar-refractivity contribution in [2.24, 2.45) is 5.92 Å². The van der Waals surface area contributed by atoms with Gasteiger partial charge in [-0.1, -0.05) is 25.1 Å². The molecule has 1 aliphatic rings. The second-order valence-corrected chi connectivity index (χ2v) is 6.28. The van der Waals surface area contributed by atoms with Crippen LogP contribution in [0.3, 0.4) is 0 Å². The number of rotatable bonds is 4. The number of carbonyl (C=O) groups excluding carboxylic acids is 1. The second-order valence-electron chi connectivity index (χ2n) is 6.28. The molecule has 1 amide bonds. The summed E-state index contributed by atoms with van der Waals surface area (Å²) < 4.78 is 43.7. The quantitative estimate of drug-likeness (QED) is 0.912. The summed E-state index contributed by atoms with van der Waals surface area (Å²) in [6.45, 7) is 4.02. The highest BCUT2D eigenvalue weighted by atomic mass is 19.4. The molecule has 0 bridgehead atoms. The summed E-state index contributed by atoms with van der Waals surface area (Å²) in [5, 5.41) is 9.19. The van der Waals surface area contributed by atoms with E-state index in [0.29, 0.717) is 18.7 Å². The summed E-state index contributed by atoms with van der Waals surface area (Å²) in [6.07, 6.45) is -4.57. The van der Waals surface area contributed by atoms with E-state index in [-0.39, 0.29) is 25.0 Å². The molecule has 3 atom stereocenters. The van der Waals surface area contributed by atoms with Crippen LogP contribution in [0.2, 0.25) is 0 Å². The second kappa shape index (κ2) is 7.53. The topological polar surface area (TPSA) is 49.8 Å². The third kappa shape index (κ3) is 4.48. The molecule has 1 aromatic rings. The number of alkyl halides is 3. The van der Waals surface area contributed by atoms with Crippen LogP contribution in [0.1, 0.15) is 25.0 Å². The number of morpholine rings is 1. The number of benzene rings is 1. The molecule has 0 saturated carbocycles. The Morgan fingerprint density at radius 2 is 2.17 bits per heavy atom. The minimum atomic E-state index is -4.39. The number of carbonyl (C=O) groups is 1. The maximum absolute atomic E-state index is 12.8. The van der Waals surface area contributed by atoms with Gasteiger partial charge in [-0.05, 0) is 25.0 Å². The van der Waals surface area contributed by atoms with Crippen molar-refractivity contribution in [1.29, 1.82) is 0 Å². The van der Waals surface area contributed by atoms with Gasteiger partial charge in [0, 0.05) is 12.5 Å². The highest BCUT2D eigenvalue weighted by molar-refractivity contribution is 5.79. The van der Waals surface area contributed by atoms with Gasteiger partial charge in [0.25, 0.3) is 0 Å². The molecule has 0 aromatic heterocycles. The van der Waals surface area contributed by atoms with Gasteiger partial charge in [0.05, 0.1) is 30.9 Å². The lowest BCUT2D eigenvalue weighted by Crippen LogP contribution is -2.53. The zero-order chi connectivity index (χ0) is 17.9. The van der Waals surface area contributed by atoms with Crippen molar-refractivity contribution in [3.8, 4) is 0 Å². The fourth-order valence-corrected chi connectivity index (χ4v) is 2.83. The first-order valence-corrected chi connectivity index (χ1v) is 7.91. The molecule has 0 aliphatic carbocycles. The molecule has 134 valence electrons. The summed E-state index contributed by atoms with van der Waals surface area (Å²) in [4.78, 5) is 14.3. The number of nitrogens with zero attached hydrogens (tertiary/aromatic N) is 1. The number of hydrogen-bond donors (Lipinski definition) is 1. The van der Waals surface area contributed by atoms with E-state index in [1.807, 2.05) is 6.92 Å². The van der Waals surface area contributed by atoms with E-state index < -0.39 is 23.8 Å². The molecule has 24 heavy (non-hydrogen) atoms. The number of halogens is 3. The Hall–Kier alpha value is -1.60. The van der Waals surface area contributed by atoms with Gasteiger partial charge in [-0.2, -0.15) is 13.2 Å². The first-order chi connectivity index (χ1) is 11.2. The van der Waals surface area contributed by atoms with Gasteiger partial charge in [0.2, 0.25) is 5.91 Å². The molecule has 0 spiro atoms. The molecule has 1 aliphatic heterocycles. The van der Waals surface area contributed by atoms with Crippen molar-refractivity contribution < 1.29 is 27.8 Å². The molecule has 1 aromatic carbocycles. The lowest BCUT2D eigenvalue weighted by atomic mass is 9.97. The summed E-state index contributed by atoms with van der Waals surface area (Å²) in [7, 11) is 0. The molecule has 7 heteroatoms. The molecular formula is C17H22F3NO3. The Labute approximate surface area is 139 Å². The van der Waals surface area contributed by atoms with E-state index in [4.69, 9.17) is 4.74 Å². The molecule has 1 fully saturated rings. The number of aliphatic hydroxyl groups excluding tert-OH is 1. The standard InChI is InChI=1S/C17H22F3NO3/c1-11(6-13-4-3-5-14(7-13)17(18,19)20)16(23)21-8-15(9-22)24-10-12(21)2/h3-5,7,11-12,15,22H,6,8-10H2,1-2H3. The molecule has 1 heterocycles. The van der Waals surface area contributed by atoms with Gasteiger partial charge in [-0.15, -0.1) is 0 Å². The number of hydrogen-bond acceptors (Lipinski definition) is 3. The van der Waals surface area contributed by atoms with Crippen molar-refractivity contribution in [1.82, 2.24) is 4.90 Å². The maximum Gasteiger partial charge on any atom is 0.416 e. The molecule has 1 N–H and O–H groups in total. The zero-order valence-electron chi connectivity index (χ0n) is 13.7. The van der Waals surface area contributed by atoms with Crippen LogP contribution < -0.4 is 0 Å². The molecule has 1 saturated heterocycles. The number of aliphatic hydroxyl groups is 1. The Morgan fingerprint density at radius 1 is 1.46 bits per heavy atom. The van der Waals surface area contributed by atoms with Gasteiger partial charge in [0.15, 0.2) is 0 Å². The van der Waals surface area contributed by atoms with Crippen LogP contribution in [0.15, 0.2) is 24.3 Å². The summed E-state index contributed by atoms with van der Waals surface area (Å²) in [5.74, 6) is -0.588. The number of amides is 1. The average Bonchev–Trinajstić information content (AvgIpc) is 2.54. The zero-order valence-corrected chi connectivity index (χ0v) is 13.7. The Morgan fingerprint density at radius 3 is 2.79 bits per heavy atom. The minimum absolute atomic E-state index is 0.121. The highest BCUT2D eigenvalue weighted by Gasteiger charge is 2.33. The van der Waals surface area contributed by atoms with Gasteiger partial charge < -0.3 is 14.7 Å². The van der Waals surface area contributed by atoms with Crippen LogP contribution in [-0.2, 0) is 22.1 Å². The summed E-state index contributed by atoms with van der Waals surface area (Å²) in [6, 6.07) is 4.94. The Kier molecular flexibility index (Phi) is 5.87. The first-order valence-electron chi connectivity index (χ1n) is 7.91. The van der Waals surface area contributed by atoms with E-state index in [0.717, 1.165) is 12.1 Å². The van der Waals surface area contributed by atoms with Gasteiger partial charge in [-0.25, -0.2) is 0 Å². The Balaban J connectivity index is 2.06. The summed E-state index contributed by atoms with van der Waals surface area (Å²) in [5.41, 5.74) is -0.231. The van der Waals surface area contributed by atoms with Gasteiger partial charge in [0.1, 0.15) is 0 Å². The first kappa shape index (κ1) is 18.7. The van der Waals surface area contributed by atoms with Crippen molar-refractivity contribution in [2.45, 2.75) is 38.6 Å². The number of ether oxygens (including phenoxy) is 1. The summed E-state index contributed by atoms with van der Waals surface area (Å²) >= 11 is 0. The molecule has 4 nitrogen and oxygen atoms in total. The fourth-order valence-electron chi connectivity index (χ4n) is 2.83.